The van der Waals surface area contributed by atoms with E-state index < -0.39 is 0 Å². The number of carbonyl (C=O) groups is 1. The number of likely N-dealkylation sites (tertiary alicyclic amines) is 1. The number of ether oxygens (including phenoxy) is 1. The number of nitrogens with two attached hydrogens (primary N) is 1. The first-order valence-electron chi connectivity index (χ1n) is 6.32. The normalized spacial score (nSPS) is 18.1. The Morgan fingerprint density at radius 3 is 2.72 bits per heavy atom. The first-order chi connectivity index (χ1) is 8.65. The van der Waals surface area contributed by atoms with Crippen LogP contribution in [0.5, 0.6) is 0 Å². The van der Waals surface area contributed by atoms with Crippen LogP contribution in [-0.4, -0.2) is 36.5 Å². The highest BCUT2D eigenvalue weighted by molar-refractivity contribution is 5.71. The lowest BCUT2D eigenvalue weighted by molar-refractivity contribution is -0.148. The highest BCUT2D eigenvalue weighted by atomic mass is 16.5. The van der Waals surface area contributed by atoms with Crippen LogP contribution in [-0.2, 0) is 16.1 Å². The quantitative estimate of drug-likeness (QED) is 0.790. The smallest absolute Gasteiger partial charge is 0.320 e. The third kappa shape index (κ3) is 3.55. The van der Waals surface area contributed by atoms with E-state index in [4.69, 9.17) is 10.5 Å². The van der Waals surface area contributed by atoms with Crippen LogP contribution >= 0.6 is 0 Å². The fourth-order valence-corrected chi connectivity index (χ4v) is 2.04. The third-order valence-corrected chi connectivity index (χ3v) is 3.32. The van der Waals surface area contributed by atoms with Gasteiger partial charge in [-0.15, -0.1) is 0 Å². The molecule has 0 bridgehead atoms. The van der Waals surface area contributed by atoms with Crippen molar-refractivity contribution < 1.29 is 9.53 Å². The molecule has 18 heavy (non-hydrogen) atoms. The minimum absolute atomic E-state index is 0.165. The Kier molecular flexibility index (Phi) is 4.33. The van der Waals surface area contributed by atoms with Crippen LogP contribution in [0.25, 0.3) is 0 Å². The van der Waals surface area contributed by atoms with Gasteiger partial charge in [-0.1, -0.05) is 30.3 Å². The molecule has 1 aromatic carbocycles. The second-order valence-electron chi connectivity index (χ2n) is 4.96. The van der Waals surface area contributed by atoms with E-state index in [2.05, 4.69) is 4.90 Å². The molecular weight excluding hydrogens is 228 g/mol. The van der Waals surface area contributed by atoms with Gasteiger partial charge in [0.2, 0.25) is 0 Å². The summed E-state index contributed by atoms with van der Waals surface area (Å²) in [6, 6.07) is 9.92. The third-order valence-electron chi connectivity index (χ3n) is 3.32. The number of hydrogen-bond donors (Lipinski definition) is 1. The Morgan fingerprint density at radius 1 is 1.44 bits per heavy atom. The van der Waals surface area contributed by atoms with Gasteiger partial charge in [0.15, 0.2) is 0 Å². The van der Waals surface area contributed by atoms with Crippen molar-refractivity contribution in [3.8, 4) is 0 Å². The number of benzene rings is 1. The van der Waals surface area contributed by atoms with E-state index in [1.165, 1.54) is 0 Å². The van der Waals surface area contributed by atoms with Crippen molar-refractivity contribution in [2.24, 2.45) is 11.7 Å². The van der Waals surface area contributed by atoms with Gasteiger partial charge in [-0.25, -0.2) is 0 Å². The first kappa shape index (κ1) is 13.1. The van der Waals surface area contributed by atoms with E-state index in [1.54, 1.807) is 0 Å². The maximum Gasteiger partial charge on any atom is 0.320 e. The summed E-state index contributed by atoms with van der Waals surface area (Å²) in [6.45, 7) is 4.53. The van der Waals surface area contributed by atoms with Crippen LogP contribution < -0.4 is 5.73 Å². The van der Waals surface area contributed by atoms with Crippen molar-refractivity contribution in [2.45, 2.75) is 19.6 Å². The summed E-state index contributed by atoms with van der Waals surface area (Å²) in [5.41, 5.74) is 6.80. The molecule has 0 radical (unpaired) electrons. The minimum atomic E-state index is -0.165. The monoisotopic (exact) mass is 248 g/mol. The van der Waals surface area contributed by atoms with Gasteiger partial charge in [0.1, 0.15) is 6.61 Å². The Morgan fingerprint density at radius 2 is 2.11 bits per heavy atom. The largest absolute Gasteiger partial charge is 0.460 e. The Hall–Kier alpha value is -1.39. The van der Waals surface area contributed by atoms with E-state index in [-0.39, 0.29) is 12.0 Å². The molecule has 0 amide bonds. The molecule has 1 atom stereocenters. The van der Waals surface area contributed by atoms with E-state index in [0.717, 1.165) is 18.7 Å². The van der Waals surface area contributed by atoms with Gasteiger partial charge in [-0.3, -0.25) is 9.69 Å². The number of hydrogen-bond acceptors (Lipinski definition) is 4. The van der Waals surface area contributed by atoms with Gasteiger partial charge in [0.25, 0.3) is 0 Å². The number of esters is 1. The minimum Gasteiger partial charge on any atom is -0.460 e. The molecule has 0 spiro atoms. The predicted octanol–water partition coefficient (Wildman–Crippen LogP) is 1.01. The van der Waals surface area contributed by atoms with Crippen LogP contribution in [0.1, 0.15) is 12.5 Å². The Labute approximate surface area is 108 Å². The molecule has 2 rings (SSSR count). The highest BCUT2D eigenvalue weighted by Gasteiger charge is 2.30. The molecule has 2 N–H and O–H groups in total. The maximum atomic E-state index is 11.6. The van der Waals surface area contributed by atoms with Gasteiger partial charge in [-0.05, 0) is 18.4 Å². The average Bonchev–Trinajstić information content (AvgIpc) is 2.31. The molecule has 0 aliphatic carbocycles. The molecule has 1 aliphatic heterocycles. The van der Waals surface area contributed by atoms with Crippen molar-refractivity contribution in [3.63, 3.8) is 0 Å². The zero-order valence-corrected chi connectivity index (χ0v) is 10.7. The molecule has 98 valence electrons. The first-order valence-corrected chi connectivity index (χ1v) is 6.32. The zero-order chi connectivity index (χ0) is 13.0. The van der Waals surface area contributed by atoms with Crippen LogP contribution in [0.15, 0.2) is 30.3 Å². The fraction of sp³-hybridized carbons (Fsp3) is 0.500. The van der Waals surface area contributed by atoms with Gasteiger partial charge in [0, 0.05) is 19.1 Å². The van der Waals surface area contributed by atoms with E-state index in [9.17, 15) is 4.79 Å². The van der Waals surface area contributed by atoms with Crippen LogP contribution in [0.4, 0.5) is 0 Å². The molecule has 4 nitrogen and oxygen atoms in total. The molecule has 4 heteroatoms. The summed E-state index contributed by atoms with van der Waals surface area (Å²) < 4.78 is 5.22. The van der Waals surface area contributed by atoms with E-state index in [1.807, 2.05) is 37.3 Å². The summed E-state index contributed by atoms with van der Waals surface area (Å²) in [5, 5.41) is 0. The predicted molar refractivity (Wildman–Crippen MR) is 69.8 cm³/mol. The molecule has 0 unspecified atom stereocenters. The standard InChI is InChI=1S/C14H20N2O2/c1-11(15)13-7-16(8-13)9-14(17)18-10-12-5-3-2-4-6-12/h2-6,11,13H,7-10,15H2,1H3/t11-/m1/s1. The van der Waals surface area contributed by atoms with Gasteiger partial charge in [-0.2, -0.15) is 0 Å². The SMILES string of the molecule is C[C@@H](N)C1CN(CC(=O)OCc2ccccc2)C1. The zero-order valence-electron chi connectivity index (χ0n) is 10.7. The summed E-state index contributed by atoms with van der Waals surface area (Å²) in [6.07, 6.45) is 0. The van der Waals surface area contributed by atoms with Crippen molar-refractivity contribution in [3.05, 3.63) is 35.9 Å². The lowest BCUT2D eigenvalue weighted by Crippen LogP contribution is -2.54. The molecule has 1 aliphatic rings. The number of nitrogens with zero attached hydrogens (tertiary/aromatic N) is 1. The van der Waals surface area contributed by atoms with Crippen molar-refractivity contribution >= 4 is 5.97 Å². The van der Waals surface area contributed by atoms with E-state index in [0.29, 0.717) is 19.1 Å². The van der Waals surface area contributed by atoms with Crippen molar-refractivity contribution in [2.75, 3.05) is 19.6 Å². The molecular formula is C14H20N2O2. The summed E-state index contributed by atoms with van der Waals surface area (Å²) >= 11 is 0. The molecule has 1 saturated heterocycles. The molecule has 0 aromatic heterocycles. The second-order valence-corrected chi connectivity index (χ2v) is 4.96. The van der Waals surface area contributed by atoms with Gasteiger partial charge in [0.05, 0.1) is 6.54 Å². The van der Waals surface area contributed by atoms with Crippen LogP contribution in [0, 0.1) is 5.92 Å². The van der Waals surface area contributed by atoms with Crippen LogP contribution in [0.2, 0.25) is 0 Å². The highest BCUT2D eigenvalue weighted by Crippen LogP contribution is 2.17. The van der Waals surface area contributed by atoms with Crippen molar-refractivity contribution in [1.82, 2.24) is 4.90 Å². The molecule has 1 fully saturated rings. The Bertz CT molecular complexity index is 386. The summed E-state index contributed by atoms with van der Waals surface area (Å²) in [4.78, 5) is 13.7. The van der Waals surface area contributed by atoms with Gasteiger partial charge < -0.3 is 10.5 Å². The maximum absolute atomic E-state index is 11.6. The molecule has 1 aromatic rings. The number of carbonyl (C=O) groups excluding carboxylic acids is 1. The van der Waals surface area contributed by atoms with Crippen molar-refractivity contribution in [1.29, 1.82) is 0 Å². The summed E-state index contributed by atoms with van der Waals surface area (Å²) in [7, 11) is 0. The van der Waals surface area contributed by atoms with Gasteiger partial charge >= 0.3 is 5.97 Å². The summed E-state index contributed by atoms with van der Waals surface area (Å²) in [5.74, 6) is 0.355. The topological polar surface area (TPSA) is 55.6 Å². The Balaban J connectivity index is 1.65. The van der Waals surface area contributed by atoms with Crippen LogP contribution in [0.3, 0.4) is 0 Å². The lowest BCUT2D eigenvalue weighted by atomic mass is 9.93. The second kappa shape index (κ2) is 5.98. The van der Waals surface area contributed by atoms with E-state index >= 15 is 0 Å². The average molecular weight is 248 g/mol. The molecule has 0 saturated carbocycles. The lowest BCUT2D eigenvalue weighted by Gasteiger charge is -2.40. The molecule has 1 heterocycles. The number of rotatable bonds is 5. The fourth-order valence-electron chi connectivity index (χ4n) is 2.04.